The Balaban J connectivity index is 1.00. The summed E-state index contributed by atoms with van der Waals surface area (Å²) in [5.74, 6) is 2.49. The van der Waals surface area contributed by atoms with Crippen LogP contribution in [-0.2, 0) is 25.5 Å². The molecular formula is C30H42N4O6. The van der Waals surface area contributed by atoms with Crippen molar-refractivity contribution < 1.29 is 28.3 Å². The van der Waals surface area contributed by atoms with Crippen LogP contribution in [0.2, 0.25) is 0 Å². The van der Waals surface area contributed by atoms with Crippen LogP contribution in [-0.4, -0.2) is 68.0 Å². The van der Waals surface area contributed by atoms with Crippen LogP contribution >= 0.6 is 0 Å². The number of allylic oxidation sites excluding steroid dienone is 2. The lowest BCUT2D eigenvalue weighted by molar-refractivity contribution is -0.133. The fourth-order valence-electron chi connectivity index (χ4n) is 5.70. The first kappa shape index (κ1) is 29.4. The van der Waals surface area contributed by atoms with Gasteiger partial charge in [0.1, 0.15) is 12.3 Å². The Kier molecular flexibility index (Phi) is 10.8. The predicted octanol–water partition coefficient (Wildman–Crippen LogP) is 3.58. The van der Waals surface area contributed by atoms with Crippen LogP contribution in [0.3, 0.4) is 0 Å². The predicted molar refractivity (Wildman–Crippen MR) is 150 cm³/mol. The normalized spacial score (nSPS) is 22.9. The summed E-state index contributed by atoms with van der Waals surface area (Å²) in [5.41, 5.74) is 0. The van der Waals surface area contributed by atoms with Crippen LogP contribution in [0.5, 0.6) is 0 Å². The third-order valence-corrected chi connectivity index (χ3v) is 8.08. The topological polar surface area (TPSA) is 121 Å². The van der Waals surface area contributed by atoms with Crippen molar-refractivity contribution >= 4 is 29.7 Å². The molecule has 0 radical (unpaired) electrons. The van der Waals surface area contributed by atoms with Crippen LogP contribution in [0.4, 0.5) is 10.7 Å². The molecule has 1 aromatic heterocycles. The standard InChI is InChI=1S/C30H42N4O6/c1-2-27(36)33-18-19-34(28(37)20-33)29-15-13-22(40-29)12-14-26(35)31-16-8-5-9-17-32-30(38)39-21-25-23-10-6-3-4-7-11-24(23)25/h2-4,13,15,23-25H,1,5-12,14,16-21H2,(H,31,35)(H,32,38)/b4-3-/t23-,24+,25-. The number of carbonyl (C=O) groups is 4. The monoisotopic (exact) mass is 554 g/mol. The van der Waals surface area contributed by atoms with Gasteiger partial charge in [-0.05, 0) is 74.8 Å². The highest BCUT2D eigenvalue weighted by Gasteiger charge is 2.49. The number of ether oxygens (including phenoxy) is 1. The number of piperazine rings is 1. The van der Waals surface area contributed by atoms with Crippen LogP contribution in [0.15, 0.2) is 41.4 Å². The molecule has 0 spiro atoms. The van der Waals surface area contributed by atoms with Gasteiger partial charge in [-0.15, -0.1) is 0 Å². The summed E-state index contributed by atoms with van der Waals surface area (Å²) in [5, 5.41) is 5.75. The number of furan rings is 1. The molecule has 2 fully saturated rings. The molecular weight excluding hydrogens is 512 g/mol. The van der Waals surface area contributed by atoms with Crippen LogP contribution < -0.4 is 15.5 Å². The molecule has 2 N–H and O–H groups in total. The fourth-order valence-corrected chi connectivity index (χ4v) is 5.70. The number of hydrogen-bond donors (Lipinski definition) is 2. The van der Waals surface area contributed by atoms with Gasteiger partial charge >= 0.3 is 6.09 Å². The van der Waals surface area contributed by atoms with E-state index in [1.807, 2.05) is 0 Å². The van der Waals surface area contributed by atoms with Gasteiger partial charge in [0.05, 0.1) is 6.61 Å². The second-order valence-corrected chi connectivity index (χ2v) is 10.8. The van der Waals surface area contributed by atoms with E-state index in [1.165, 1.54) is 28.7 Å². The molecule has 1 aliphatic heterocycles. The fraction of sp³-hybridized carbons (Fsp3) is 0.600. The van der Waals surface area contributed by atoms with Gasteiger partial charge in [0.15, 0.2) is 0 Å². The molecule has 0 unspecified atom stereocenters. The van der Waals surface area contributed by atoms with Crippen molar-refractivity contribution in [3.05, 3.63) is 42.7 Å². The zero-order valence-electron chi connectivity index (χ0n) is 23.3. The van der Waals surface area contributed by atoms with E-state index in [0.29, 0.717) is 56.8 Å². The second-order valence-electron chi connectivity index (χ2n) is 10.8. The number of nitrogens with one attached hydrogen (secondary N) is 2. The third-order valence-electron chi connectivity index (χ3n) is 8.08. The molecule has 40 heavy (non-hydrogen) atoms. The molecule has 2 aliphatic carbocycles. The maximum atomic E-state index is 12.4. The molecule has 3 atom stereocenters. The quantitative estimate of drug-likeness (QED) is 0.218. The van der Waals surface area contributed by atoms with Crippen molar-refractivity contribution in [1.29, 1.82) is 0 Å². The summed E-state index contributed by atoms with van der Waals surface area (Å²) in [4.78, 5) is 51.3. The molecule has 218 valence electrons. The molecule has 1 aromatic rings. The van der Waals surface area contributed by atoms with Crippen molar-refractivity contribution in [2.24, 2.45) is 17.8 Å². The van der Waals surface area contributed by atoms with Crippen molar-refractivity contribution in [3.8, 4) is 0 Å². The average molecular weight is 555 g/mol. The van der Waals surface area contributed by atoms with E-state index in [2.05, 4.69) is 29.4 Å². The maximum Gasteiger partial charge on any atom is 0.407 e. The summed E-state index contributed by atoms with van der Waals surface area (Å²) >= 11 is 0. The number of alkyl carbamates (subject to hydrolysis) is 1. The molecule has 1 saturated carbocycles. The highest BCUT2D eigenvalue weighted by Crippen LogP contribution is 2.52. The Morgan fingerprint density at radius 1 is 1.02 bits per heavy atom. The number of carbonyl (C=O) groups excluding carboxylic acids is 4. The first-order chi connectivity index (χ1) is 19.5. The molecule has 1 saturated heterocycles. The highest BCUT2D eigenvalue weighted by molar-refractivity contribution is 5.98. The summed E-state index contributed by atoms with van der Waals surface area (Å²) in [7, 11) is 0. The smallest absolute Gasteiger partial charge is 0.407 e. The lowest BCUT2D eigenvalue weighted by Gasteiger charge is -2.32. The Morgan fingerprint density at radius 3 is 2.45 bits per heavy atom. The summed E-state index contributed by atoms with van der Waals surface area (Å²) in [6.07, 6.45) is 13.4. The van der Waals surface area contributed by atoms with E-state index in [9.17, 15) is 19.2 Å². The van der Waals surface area contributed by atoms with Crippen molar-refractivity contribution in [1.82, 2.24) is 15.5 Å². The van der Waals surface area contributed by atoms with Crippen LogP contribution in [0.1, 0.15) is 57.1 Å². The van der Waals surface area contributed by atoms with Crippen LogP contribution in [0, 0.1) is 17.8 Å². The summed E-state index contributed by atoms with van der Waals surface area (Å²) in [6.45, 7) is 5.88. The number of nitrogens with zero attached hydrogens (tertiary/aromatic N) is 2. The second kappa shape index (κ2) is 14.7. The van der Waals surface area contributed by atoms with Gasteiger partial charge in [0.25, 0.3) is 0 Å². The number of fused-ring (bicyclic) bond motifs is 1. The number of anilines is 1. The number of amides is 4. The highest BCUT2D eigenvalue weighted by atomic mass is 16.5. The Morgan fingerprint density at radius 2 is 1.75 bits per heavy atom. The minimum atomic E-state index is -0.332. The molecule has 0 aromatic carbocycles. The SMILES string of the molecule is C=CC(=O)N1CCN(c2ccc(CCC(=O)NCCCCCNC(=O)OC[C@@H]3[C@@H]4CC/C=C\CC[C@@H]43)o2)C(=O)C1. The van der Waals surface area contributed by atoms with E-state index in [4.69, 9.17) is 9.15 Å². The van der Waals surface area contributed by atoms with Crippen molar-refractivity contribution in [3.63, 3.8) is 0 Å². The zero-order valence-corrected chi connectivity index (χ0v) is 23.3. The van der Waals surface area contributed by atoms with E-state index in [-0.39, 0.29) is 36.8 Å². The first-order valence-corrected chi connectivity index (χ1v) is 14.6. The van der Waals surface area contributed by atoms with Gasteiger partial charge in [-0.2, -0.15) is 0 Å². The summed E-state index contributed by atoms with van der Waals surface area (Å²) in [6, 6.07) is 3.49. The van der Waals surface area contributed by atoms with E-state index in [0.717, 1.165) is 43.9 Å². The van der Waals surface area contributed by atoms with Crippen molar-refractivity contribution in [2.75, 3.05) is 44.2 Å². The third kappa shape index (κ3) is 8.47. The number of aryl methyl sites for hydroxylation is 1. The maximum absolute atomic E-state index is 12.4. The molecule has 10 nitrogen and oxygen atoms in total. The summed E-state index contributed by atoms with van der Waals surface area (Å²) < 4.78 is 11.2. The van der Waals surface area contributed by atoms with Crippen molar-refractivity contribution in [2.45, 2.75) is 57.8 Å². The van der Waals surface area contributed by atoms with Gasteiger partial charge in [0.2, 0.25) is 23.6 Å². The Labute approximate surface area is 236 Å². The molecule has 10 heteroatoms. The zero-order chi connectivity index (χ0) is 28.3. The van der Waals surface area contributed by atoms with E-state index in [1.54, 1.807) is 12.1 Å². The largest absolute Gasteiger partial charge is 0.449 e. The molecule has 2 heterocycles. The molecule has 4 rings (SSSR count). The van der Waals surface area contributed by atoms with Gasteiger partial charge in [-0.1, -0.05) is 18.7 Å². The molecule has 4 amide bonds. The minimum absolute atomic E-state index is 0.0110. The lowest BCUT2D eigenvalue weighted by Crippen LogP contribution is -2.52. The Hall–Kier alpha value is -3.56. The number of unbranched alkanes of at least 4 members (excludes halogenated alkanes) is 2. The van der Waals surface area contributed by atoms with Gasteiger partial charge in [-0.3, -0.25) is 19.3 Å². The molecule has 3 aliphatic rings. The first-order valence-electron chi connectivity index (χ1n) is 14.6. The van der Waals surface area contributed by atoms with E-state index < -0.39 is 0 Å². The molecule has 0 bridgehead atoms. The van der Waals surface area contributed by atoms with Gasteiger partial charge in [-0.25, -0.2) is 4.79 Å². The lowest BCUT2D eigenvalue weighted by atomic mass is 10.1. The van der Waals surface area contributed by atoms with Gasteiger partial charge < -0.3 is 24.7 Å². The Bertz CT molecular complexity index is 1070. The minimum Gasteiger partial charge on any atom is -0.449 e. The van der Waals surface area contributed by atoms with Gasteiger partial charge in [0, 0.05) is 45.1 Å². The number of hydrogen-bond acceptors (Lipinski definition) is 6. The van der Waals surface area contributed by atoms with Crippen LogP contribution in [0.25, 0.3) is 0 Å². The van der Waals surface area contributed by atoms with E-state index >= 15 is 0 Å². The average Bonchev–Trinajstić information content (AvgIpc) is 3.34. The number of rotatable bonds is 13.